The third kappa shape index (κ3) is 6.02. The number of anilines is 2. The maximum absolute atomic E-state index is 13.6. The third-order valence-electron chi connectivity index (χ3n) is 4.58. The second kappa shape index (κ2) is 9.68. The molecular weight excluding hydrogens is 554 g/mol. The summed E-state index contributed by atoms with van der Waals surface area (Å²) < 4.78 is 129. The van der Waals surface area contributed by atoms with Crippen LogP contribution >= 0.6 is 23.5 Å². The molecule has 0 fully saturated rings. The summed E-state index contributed by atoms with van der Waals surface area (Å²) in [6, 6.07) is 6.38. The van der Waals surface area contributed by atoms with Gasteiger partial charge in [0.25, 0.3) is 0 Å². The van der Waals surface area contributed by atoms with Crippen LogP contribution in [0.4, 0.5) is 55.3 Å². The number of halogens is 10. The molecule has 36 heavy (non-hydrogen) atoms. The molecular formula is C20H12F10N2O2S2. The minimum Gasteiger partial charge on any atom is -0.326 e. The number of alkyl halides is 10. The van der Waals surface area contributed by atoms with Crippen LogP contribution in [-0.2, 0) is 15.8 Å². The Labute approximate surface area is 204 Å². The molecule has 0 saturated carbocycles. The summed E-state index contributed by atoms with van der Waals surface area (Å²) in [5.41, 5.74) is -1.32. The summed E-state index contributed by atoms with van der Waals surface area (Å²) >= 11 is -0.245. The summed E-state index contributed by atoms with van der Waals surface area (Å²) in [6.45, 7) is 0. The molecule has 1 atom stereocenters. The quantitative estimate of drug-likeness (QED) is 0.291. The molecule has 2 amide bonds. The van der Waals surface area contributed by atoms with E-state index in [0.29, 0.717) is 0 Å². The third-order valence-corrected chi connectivity index (χ3v) is 6.86. The highest BCUT2D eigenvalue weighted by Crippen LogP contribution is 2.54. The van der Waals surface area contributed by atoms with Crippen LogP contribution in [0.3, 0.4) is 0 Å². The van der Waals surface area contributed by atoms with Gasteiger partial charge in [-0.2, -0.15) is 43.9 Å². The molecule has 4 nitrogen and oxygen atoms in total. The van der Waals surface area contributed by atoms with E-state index in [0.717, 1.165) is 54.2 Å². The number of benzene rings is 2. The molecule has 196 valence electrons. The Morgan fingerprint density at radius 1 is 0.972 bits per heavy atom. The zero-order valence-electron chi connectivity index (χ0n) is 17.2. The number of amides is 2. The Hall–Kier alpha value is -2.62. The molecule has 3 rings (SSSR count). The lowest BCUT2D eigenvalue weighted by Crippen LogP contribution is -2.49. The van der Waals surface area contributed by atoms with Crippen molar-refractivity contribution < 1.29 is 53.5 Å². The van der Waals surface area contributed by atoms with Gasteiger partial charge in [0.1, 0.15) is 0 Å². The molecule has 1 aliphatic rings. The molecule has 0 aromatic heterocycles. The van der Waals surface area contributed by atoms with E-state index in [1.54, 1.807) is 0 Å². The molecule has 2 aromatic rings. The van der Waals surface area contributed by atoms with Crippen molar-refractivity contribution in [1.29, 1.82) is 0 Å². The summed E-state index contributed by atoms with van der Waals surface area (Å²) in [5.74, 6) is -7.96. The average Bonchev–Trinajstić information content (AvgIpc) is 2.72. The highest BCUT2D eigenvalue weighted by atomic mass is 32.2. The largest absolute Gasteiger partial charge is 0.460 e. The number of nitrogens with one attached hydrogen (secondary N) is 2. The van der Waals surface area contributed by atoms with Crippen molar-refractivity contribution in [2.75, 3.05) is 10.6 Å². The molecule has 1 heterocycles. The van der Waals surface area contributed by atoms with Gasteiger partial charge < -0.3 is 10.6 Å². The van der Waals surface area contributed by atoms with Gasteiger partial charge >= 0.3 is 23.5 Å². The van der Waals surface area contributed by atoms with Gasteiger partial charge in [-0.25, -0.2) is 0 Å². The Kier molecular flexibility index (Phi) is 7.52. The highest BCUT2D eigenvalue weighted by Gasteiger charge is 2.73. The smallest absolute Gasteiger partial charge is 0.326 e. The molecule has 1 unspecified atom stereocenters. The van der Waals surface area contributed by atoms with Crippen molar-refractivity contribution in [2.24, 2.45) is 0 Å². The van der Waals surface area contributed by atoms with Crippen LogP contribution in [0.15, 0.2) is 52.3 Å². The number of carbonyl (C=O) groups excluding carboxylic acids is 2. The van der Waals surface area contributed by atoms with Crippen LogP contribution in [0.5, 0.6) is 0 Å². The van der Waals surface area contributed by atoms with Crippen LogP contribution < -0.4 is 10.6 Å². The number of thioether (sulfide) groups is 2. The molecule has 0 bridgehead atoms. The van der Waals surface area contributed by atoms with Gasteiger partial charge in [-0.3, -0.25) is 9.59 Å². The lowest BCUT2D eigenvalue weighted by molar-refractivity contribution is -0.330. The molecule has 2 aromatic carbocycles. The number of carbonyl (C=O) groups is 2. The lowest BCUT2D eigenvalue weighted by atomic mass is 10.1. The van der Waals surface area contributed by atoms with E-state index in [1.165, 1.54) is 0 Å². The van der Waals surface area contributed by atoms with E-state index in [-0.39, 0.29) is 16.3 Å². The fourth-order valence-electron chi connectivity index (χ4n) is 2.86. The predicted octanol–water partition coefficient (Wildman–Crippen LogP) is 7.03. The molecule has 1 aliphatic heterocycles. The maximum Gasteiger partial charge on any atom is 0.460 e. The van der Waals surface area contributed by atoms with Gasteiger partial charge in [0.15, 0.2) is 0 Å². The monoisotopic (exact) mass is 566 g/mol. The first-order valence-corrected chi connectivity index (χ1v) is 11.2. The molecule has 0 radical (unpaired) electrons. The van der Waals surface area contributed by atoms with Gasteiger partial charge in [0, 0.05) is 21.9 Å². The van der Waals surface area contributed by atoms with Crippen molar-refractivity contribution in [3.8, 4) is 0 Å². The topological polar surface area (TPSA) is 58.2 Å². The van der Waals surface area contributed by atoms with Gasteiger partial charge in [-0.15, -0.1) is 11.8 Å². The second-order valence-electron chi connectivity index (χ2n) is 7.28. The normalized spacial score (nSPS) is 16.8. The first-order valence-electron chi connectivity index (χ1n) is 9.51. The summed E-state index contributed by atoms with van der Waals surface area (Å²) in [6.07, 6.45) is -11.7. The first-order chi connectivity index (χ1) is 16.4. The summed E-state index contributed by atoms with van der Waals surface area (Å²) in [7, 11) is 0. The molecule has 0 saturated heterocycles. The fraction of sp³-hybridized carbons (Fsp3) is 0.300. The van der Waals surface area contributed by atoms with E-state index < -0.39 is 69.2 Å². The van der Waals surface area contributed by atoms with E-state index in [1.807, 2.05) is 0 Å². The van der Waals surface area contributed by atoms with Crippen LogP contribution in [0.25, 0.3) is 0 Å². The van der Waals surface area contributed by atoms with E-state index in [9.17, 15) is 53.5 Å². The van der Waals surface area contributed by atoms with Crippen LogP contribution in [0.2, 0.25) is 0 Å². The zero-order chi connectivity index (χ0) is 27.1. The molecule has 0 spiro atoms. The van der Waals surface area contributed by atoms with E-state index in [2.05, 4.69) is 10.6 Å². The van der Waals surface area contributed by atoms with Gasteiger partial charge in [0.2, 0.25) is 11.8 Å². The van der Waals surface area contributed by atoms with E-state index in [4.69, 9.17) is 0 Å². The number of hydrogen-bond acceptors (Lipinski definition) is 4. The van der Waals surface area contributed by atoms with Crippen molar-refractivity contribution in [3.05, 3.63) is 48.0 Å². The maximum atomic E-state index is 13.6. The number of hydrogen-bond donors (Lipinski definition) is 2. The fourth-order valence-corrected chi connectivity index (χ4v) is 4.82. The average molecular weight is 566 g/mol. The van der Waals surface area contributed by atoms with Crippen molar-refractivity contribution >= 4 is 46.7 Å². The SMILES string of the molecule is O=C(CC1Sc2ccc(C(F)(F)F)cc2NC1=O)Nc1cccc(SC(F)(F)C(F)(F)C(F)(F)F)c1. The molecule has 2 N–H and O–H groups in total. The molecule has 0 aliphatic carbocycles. The Morgan fingerprint density at radius 2 is 1.64 bits per heavy atom. The minimum absolute atomic E-state index is 0.0993. The Bertz CT molecular complexity index is 1170. The second-order valence-corrected chi connectivity index (χ2v) is 9.71. The van der Waals surface area contributed by atoms with Gasteiger partial charge in [-0.1, -0.05) is 6.07 Å². The van der Waals surface area contributed by atoms with Crippen molar-refractivity contribution in [3.63, 3.8) is 0 Å². The van der Waals surface area contributed by atoms with Crippen LogP contribution in [-0.4, -0.2) is 34.4 Å². The predicted molar refractivity (Wildman–Crippen MR) is 111 cm³/mol. The molecule has 16 heteroatoms. The highest BCUT2D eigenvalue weighted by molar-refractivity contribution is 8.01. The van der Waals surface area contributed by atoms with Gasteiger partial charge in [-0.05, 0) is 48.2 Å². The number of rotatable bonds is 6. The van der Waals surface area contributed by atoms with Crippen molar-refractivity contribution in [2.45, 2.75) is 45.0 Å². The van der Waals surface area contributed by atoms with E-state index >= 15 is 0 Å². The Morgan fingerprint density at radius 3 is 2.25 bits per heavy atom. The minimum atomic E-state index is -6.50. The summed E-state index contributed by atoms with van der Waals surface area (Å²) in [5, 5.41) is -2.16. The zero-order valence-corrected chi connectivity index (χ0v) is 18.9. The standard InChI is InChI=1S/C20H12F10N2O2S2/c21-17(22,23)9-4-5-13-12(6-9)32-16(34)14(35-13)8-15(33)31-10-2-1-3-11(7-10)36-20(29,30)18(24,25)19(26,27)28/h1-7,14H,8H2,(H,31,33)(H,32,34). The van der Waals surface area contributed by atoms with Crippen molar-refractivity contribution in [1.82, 2.24) is 0 Å². The van der Waals surface area contributed by atoms with Crippen LogP contribution in [0.1, 0.15) is 12.0 Å². The first kappa shape index (κ1) is 28.0. The lowest BCUT2D eigenvalue weighted by Gasteiger charge is -2.27. The summed E-state index contributed by atoms with van der Waals surface area (Å²) in [4.78, 5) is 24.1. The number of fused-ring (bicyclic) bond motifs is 1. The Balaban J connectivity index is 1.67. The van der Waals surface area contributed by atoms with Gasteiger partial charge in [0.05, 0.1) is 16.5 Å². The van der Waals surface area contributed by atoms with Crippen LogP contribution in [0, 0.1) is 0 Å².